The Morgan fingerprint density at radius 2 is 2.14 bits per heavy atom. The molecule has 0 saturated carbocycles. The number of ether oxygens (including phenoxy) is 1. The minimum Gasteiger partial charge on any atom is -0.373 e. The van der Waals surface area contributed by atoms with Crippen molar-refractivity contribution in [2.45, 2.75) is 65.0 Å². The van der Waals surface area contributed by atoms with E-state index in [1.807, 2.05) is 0 Å². The summed E-state index contributed by atoms with van der Waals surface area (Å²) in [5, 5.41) is 3.72. The molecular weight excluding hydrogens is 258 g/mol. The Morgan fingerprint density at radius 3 is 2.76 bits per heavy atom. The largest absolute Gasteiger partial charge is 0.373 e. The topological polar surface area (TPSA) is 21.3 Å². The second kappa shape index (κ2) is 7.42. The van der Waals surface area contributed by atoms with Crippen LogP contribution in [0.5, 0.6) is 0 Å². The van der Waals surface area contributed by atoms with E-state index in [4.69, 9.17) is 4.74 Å². The van der Waals surface area contributed by atoms with Crippen molar-refractivity contribution in [3.8, 4) is 0 Å². The molecule has 2 unspecified atom stereocenters. The van der Waals surface area contributed by atoms with Gasteiger partial charge in [0.25, 0.3) is 0 Å². The van der Waals surface area contributed by atoms with Gasteiger partial charge in [-0.15, -0.1) is 0 Å². The third-order valence-electron chi connectivity index (χ3n) is 4.39. The van der Waals surface area contributed by atoms with Crippen LogP contribution >= 0.6 is 0 Å². The van der Waals surface area contributed by atoms with Gasteiger partial charge in [-0.1, -0.05) is 45.0 Å². The molecule has 0 bridgehead atoms. The van der Waals surface area contributed by atoms with Crippen LogP contribution in [-0.2, 0) is 11.2 Å². The predicted octanol–water partition coefficient (Wildman–Crippen LogP) is 4.49. The average molecular weight is 289 g/mol. The van der Waals surface area contributed by atoms with Gasteiger partial charge in [0.2, 0.25) is 0 Å². The van der Waals surface area contributed by atoms with E-state index in [2.05, 4.69) is 57.3 Å². The maximum Gasteiger partial charge on any atom is 0.0849 e. The van der Waals surface area contributed by atoms with Gasteiger partial charge < -0.3 is 10.1 Å². The molecule has 1 heterocycles. The number of hydrogen-bond acceptors (Lipinski definition) is 2. The lowest BCUT2D eigenvalue weighted by atomic mass is 9.86. The van der Waals surface area contributed by atoms with Crippen LogP contribution in [0.15, 0.2) is 24.3 Å². The molecule has 1 saturated heterocycles. The molecule has 1 fully saturated rings. The third kappa shape index (κ3) is 4.31. The first-order valence-corrected chi connectivity index (χ1v) is 8.51. The Kier molecular flexibility index (Phi) is 5.83. The molecule has 1 aromatic carbocycles. The van der Waals surface area contributed by atoms with Crippen LogP contribution in [-0.4, -0.2) is 18.8 Å². The molecule has 2 rings (SSSR count). The molecule has 2 atom stereocenters. The summed E-state index contributed by atoms with van der Waals surface area (Å²) in [7, 11) is 0. The van der Waals surface area contributed by atoms with E-state index in [1.54, 1.807) is 0 Å². The molecule has 0 aromatic heterocycles. The highest BCUT2D eigenvalue weighted by Gasteiger charge is 2.38. The summed E-state index contributed by atoms with van der Waals surface area (Å²) in [5.74, 6) is 0.695. The SMILES string of the molecule is CCCNC(c1cccc(CC(C)C)c1)C1(C)CCCO1. The lowest BCUT2D eigenvalue weighted by Crippen LogP contribution is -2.41. The van der Waals surface area contributed by atoms with E-state index in [1.165, 1.54) is 17.5 Å². The average Bonchev–Trinajstić information content (AvgIpc) is 2.86. The molecule has 1 aliphatic heterocycles. The van der Waals surface area contributed by atoms with Crippen molar-refractivity contribution >= 4 is 0 Å². The van der Waals surface area contributed by atoms with Gasteiger partial charge in [0.15, 0.2) is 0 Å². The number of benzene rings is 1. The summed E-state index contributed by atoms with van der Waals surface area (Å²) < 4.78 is 6.11. The zero-order valence-corrected chi connectivity index (χ0v) is 14.1. The molecule has 1 aliphatic rings. The lowest BCUT2D eigenvalue weighted by Gasteiger charge is -2.35. The summed E-state index contributed by atoms with van der Waals surface area (Å²) in [4.78, 5) is 0. The van der Waals surface area contributed by atoms with Crippen LogP contribution in [0.4, 0.5) is 0 Å². The summed E-state index contributed by atoms with van der Waals surface area (Å²) >= 11 is 0. The summed E-state index contributed by atoms with van der Waals surface area (Å²) in [6.07, 6.45) is 4.61. The van der Waals surface area contributed by atoms with E-state index >= 15 is 0 Å². The fourth-order valence-electron chi connectivity index (χ4n) is 3.37. The number of nitrogens with one attached hydrogen (secondary N) is 1. The maximum atomic E-state index is 6.11. The predicted molar refractivity (Wildman–Crippen MR) is 89.6 cm³/mol. The van der Waals surface area contributed by atoms with E-state index in [0.29, 0.717) is 12.0 Å². The Labute approximate surface area is 130 Å². The van der Waals surface area contributed by atoms with Crippen LogP contribution in [0.3, 0.4) is 0 Å². The van der Waals surface area contributed by atoms with Gasteiger partial charge in [-0.2, -0.15) is 0 Å². The van der Waals surface area contributed by atoms with Crippen molar-refractivity contribution in [1.82, 2.24) is 5.32 Å². The summed E-state index contributed by atoms with van der Waals surface area (Å²) in [6, 6.07) is 9.38. The lowest BCUT2D eigenvalue weighted by molar-refractivity contribution is -0.0124. The second-order valence-corrected chi connectivity index (χ2v) is 6.99. The molecule has 118 valence electrons. The molecule has 1 N–H and O–H groups in total. The number of rotatable bonds is 7. The molecule has 0 amide bonds. The minimum absolute atomic E-state index is 0.0639. The molecule has 0 radical (unpaired) electrons. The Balaban J connectivity index is 2.23. The first kappa shape index (κ1) is 16.5. The van der Waals surface area contributed by atoms with Crippen LogP contribution < -0.4 is 5.32 Å². The van der Waals surface area contributed by atoms with Gasteiger partial charge >= 0.3 is 0 Å². The van der Waals surface area contributed by atoms with Crippen LogP contribution in [0.25, 0.3) is 0 Å². The molecule has 2 heteroatoms. The molecular formula is C19H31NO. The standard InChI is InChI=1S/C19H31NO/c1-5-11-20-18(19(4)10-7-12-21-19)17-9-6-8-16(14-17)13-15(2)3/h6,8-9,14-15,18,20H,5,7,10-13H2,1-4H3. The quantitative estimate of drug-likeness (QED) is 0.798. The normalized spacial score (nSPS) is 23.7. The molecule has 0 spiro atoms. The van der Waals surface area contributed by atoms with Crippen LogP contribution in [0.2, 0.25) is 0 Å². The molecule has 21 heavy (non-hydrogen) atoms. The van der Waals surface area contributed by atoms with Gasteiger partial charge in [-0.3, -0.25) is 0 Å². The van der Waals surface area contributed by atoms with Crippen LogP contribution in [0, 0.1) is 5.92 Å². The Morgan fingerprint density at radius 1 is 1.33 bits per heavy atom. The van der Waals surface area contributed by atoms with Gasteiger partial charge in [-0.05, 0) is 56.2 Å². The first-order chi connectivity index (χ1) is 10.0. The summed E-state index contributed by atoms with van der Waals surface area (Å²) in [5.41, 5.74) is 2.75. The monoisotopic (exact) mass is 289 g/mol. The fraction of sp³-hybridized carbons (Fsp3) is 0.684. The van der Waals surface area contributed by atoms with Crippen LogP contribution in [0.1, 0.15) is 64.1 Å². The zero-order valence-electron chi connectivity index (χ0n) is 14.1. The maximum absolute atomic E-state index is 6.11. The molecule has 0 aliphatic carbocycles. The van der Waals surface area contributed by atoms with Crippen molar-refractivity contribution in [2.24, 2.45) is 5.92 Å². The first-order valence-electron chi connectivity index (χ1n) is 8.51. The van der Waals surface area contributed by atoms with E-state index in [0.717, 1.165) is 32.4 Å². The second-order valence-electron chi connectivity index (χ2n) is 6.99. The number of hydrogen-bond donors (Lipinski definition) is 1. The highest BCUT2D eigenvalue weighted by Crippen LogP contribution is 2.37. The van der Waals surface area contributed by atoms with E-state index in [9.17, 15) is 0 Å². The van der Waals surface area contributed by atoms with E-state index in [-0.39, 0.29) is 5.60 Å². The highest BCUT2D eigenvalue weighted by molar-refractivity contribution is 5.28. The molecule has 2 nitrogen and oxygen atoms in total. The van der Waals surface area contributed by atoms with Crippen molar-refractivity contribution < 1.29 is 4.74 Å². The van der Waals surface area contributed by atoms with Gasteiger partial charge in [0.05, 0.1) is 11.6 Å². The minimum atomic E-state index is -0.0639. The van der Waals surface area contributed by atoms with Crippen molar-refractivity contribution in [3.63, 3.8) is 0 Å². The van der Waals surface area contributed by atoms with Gasteiger partial charge in [0, 0.05) is 6.61 Å². The van der Waals surface area contributed by atoms with Crippen molar-refractivity contribution in [1.29, 1.82) is 0 Å². The van der Waals surface area contributed by atoms with Crippen molar-refractivity contribution in [2.75, 3.05) is 13.2 Å². The third-order valence-corrected chi connectivity index (χ3v) is 4.39. The van der Waals surface area contributed by atoms with Gasteiger partial charge in [0.1, 0.15) is 0 Å². The van der Waals surface area contributed by atoms with Gasteiger partial charge in [-0.25, -0.2) is 0 Å². The Hall–Kier alpha value is -0.860. The Bertz CT molecular complexity index is 435. The zero-order chi connectivity index (χ0) is 15.3. The van der Waals surface area contributed by atoms with Crippen molar-refractivity contribution in [3.05, 3.63) is 35.4 Å². The fourth-order valence-corrected chi connectivity index (χ4v) is 3.37. The highest BCUT2D eigenvalue weighted by atomic mass is 16.5. The molecule has 1 aromatic rings. The van der Waals surface area contributed by atoms with E-state index < -0.39 is 0 Å². The summed E-state index contributed by atoms with van der Waals surface area (Å²) in [6.45, 7) is 11.0. The smallest absolute Gasteiger partial charge is 0.0849 e.